The summed E-state index contributed by atoms with van der Waals surface area (Å²) in [5.74, 6) is -2.65. The Hall–Kier alpha value is -6.86. The molecule has 4 aromatic rings. The minimum Gasteiger partial charge on any atom is -0.481 e. The number of hydrogen-bond donors (Lipinski definition) is 5. The van der Waals surface area contributed by atoms with Crippen LogP contribution in [0.25, 0.3) is 0 Å². The monoisotopic (exact) mass is 1040 g/mol. The van der Waals surface area contributed by atoms with Crippen LogP contribution in [0.5, 0.6) is 0 Å². The molecule has 73 heavy (non-hydrogen) atoms. The molecular weight excluding hydrogens is 980 g/mol. The van der Waals surface area contributed by atoms with Crippen molar-refractivity contribution in [3.05, 3.63) is 128 Å². The lowest BCUT2D eigenvalue weighted by molar-refractivity contribution is -0.149. The minimum absolute atomic E-state index is 0.146. The number of aliphatic carboxylic acids is 1. The van der Waals surface area contributed by atoms with Gasteiger partial charge in [0, 0.05) is 45.2 Å². The summed E-state index contributed by atoms with van der Waals surface area (Å²) in [5, 5.41) is 35.9. The lowest BCUT2D eigenvalue weighted by Gasteiger charge is -2.29. The highest BCUT2D eigenvalue weighted by Gasteiger charge is 2.42. The van der Waals surface area contributed by atoms with E-state index in [0.29, 0.717) is 55.0 Å². The van der Waals surface area contributed by atoms with E-state index in [1.807, 2.05) is 12.1 Å². The Bertz CT molecular complexity index is 2620. The number of benzene rings is 4. The van der Waals surface area contributed by atoms with E-state index in [1.54, 1.807) is 68.8 Å². The molecule has 2 unspecified atom stereocenters. The molecule has 2 aliphatic carbocycles. The number of hydrogen-bond acceptors (Lipinski definition) is 13. The number of carboxylic acid groups (broad SMARTS) is 1. The molecule has 3 amide bonds. The third kappa shape index (κ3) is 17.1. The Labute approximate surface area is 435 Å². The molecule has 2 atom stereocenters. The van der Waals surface area contributed by atoms with Crippen molar-refractivity contribution in [2.75, 3.05) is 52.3 Å². The topological polar surface area (TPSA) is 269 Å². The first-order valence-electron chi connectivity index (χ1n) is 23.6. The van der Waals surface area contributed by atoms with Crippen LogP contribution in [0, 0.1) is 33.5 Å². The van der Waals surface area contributed by atoms with Gasteiger partial charge >= 0.3 is 17.9 Å². The van der Waals surface area contributed by atoms with Gasteiger partial charge in [-0.2, -0.15) is 10.5 Å². The zero-order chi connectivity index (χ0) is 53.6. The number of rotatable bonds is 19. The fourth-order valence-electron chi connectivity index (χ4n) is 8.61. The Kier molecular flexibility index (Phi) is 23.3. The molecule has 0 aromatic heterocycles. The number of esters is 2. The highest BCUT2D eigenvalue weighted by Crippen LogP contribution is 2.42. The lowest BCUT2D eigenvalue weighted by Crippen LogP contribution is -2.49. The summed E-state index contributed by atoms with van der Waals surface area (Å²) in [6.07, 6.45) is 9.08. The van der Waals surface area contributed by atoms with Gasteiger partial charge in [0.05, 0.1) is 69.5 Å². The molecule has 6 N–H and O–H groups in total. The van der Waals surface area contributed by atoms with E-state index in [9.17, 15) is 28.8 Å². The predicted octanol–water partition coefficient (Wildman–Crippen LogP) is 8.44. The summed E-state index contributed by atoms with van der Waals surface area (Å²) < 4.78 is 19.7. The summed E-state index contributed by atoms with van der Waals surface area (Å²) in [6, 6.07) is 25.1. The maximum Gasteiger partial charge on any atom is 0.328 e. The number of anilines is 2. The van der Waals surface area contributed by atoms with Crippen molar-refractivity contribution < 1.29 is 52.8 Å². The quantitative estimate of drug-likeness (QED) is 0.0552. The first kappa shape index (κ1) is 58.7. The molecule has 17 nitrogen and oxygen atoms in total. The Morgan fingerprint density at radius 1 is 0.630 bits per heavy atom. The number of carbonyl (C=O) groups excluding carboxylic acids is 5. The van der Waals surface area contributed by atoms with Gasteiger partial charge < -0.3 is 45.7 Å². The van der Waals surface area contributed by atoms with Gasteiger partial charge in [-0.25, -0.2) is 4.79 Å². The highest BCUT2D eigenvalue weighted by atomic mass is 35.5. The zero-order valence-electron chi connectivity index (χ0n) is 41.4. The second-order valence-electron chi connectivity index (χ2n) is 17.8. The molecule has 2 fully saturated rings. The number of nitrogens with zero attached hydrogens (tertiary/aromatic N) is 2. The number of amides is 3. The molecule has 388 valence electrons. The maximum absolute atomic E-state index is 13.2. The smallest absolute Gasteiger partial charge is 0.328 e. The van der Waals surface area contributed by atoms with Crippen LogP contribution in [-0.2, 0) is 51.0 Å². The van der Waals surface area contributed by atoms with Crippen LogP contribution in [-0.4, -0.2) is 94.5 Å². The molecule has 0 spiro atoms. The van der Waals surface area contributed by atoms with Crippen molar-refractivity contribution in [2.24, 2.45) is 16.6 Å². The second kappa shape index (κ2) is 29.0. The van der Waals surface area contributed by atoms with Crippen LogP contribution in [0.15, 0.2) is 84.9 Å². The van der Waals surface area contributed by atoms with E-state index >= 15 is 0 Å². The van der Waals surface area contributed by atoms with Gasteiger partial charge in [-0.05, 0) is 117 Å². The van der Waals surface area contributed by atoms with E-state index in [2.05, 4.69) is 20.7 Å². The van der Waals surface area contributed by atoms with Gasteiger partial charge in [-0.3, -0.25) is 24.0 Å². The molecule has 4 aromatic carbocycles. The summed E-state index contributed by atoms with van der Waals surface area (Å²) in [5.41, 5.74) is 8.51. The van der Waals surface area contributed by atoms with Crippen LogP contribution in [0.4, 0.5) is 11.4 Å². The van der Waals surface area contributed by atoms with Gasteiger partial charge in [0.2, 0.25) is 5.91 Å². The largest absolute Gasteiger partial charge is 0.481 e. The normalized spacial score (nSPS) is 14.7. The highest BCUT2D eigenvalue weighted by molar-refractivity contribution is 6.35. The van der Waals surface area contributed by atoms with Crippen molar-refractivity contribution in [1.82, 2.24) is 5.32 Å². The average Bonchev–Trinajstić information content (AvgIpc) is 4.10. The molecule has 0 bridgehead atoms. The molecular formula is C54H62Cl2N6O11. The van der Waals surface area contributed by atoms with Crippen LogP contribution >= 0.6 is 23.2 Å². The van der Waals surface area contributed by atoms with E-state index in [1.165, 1.54) is 44.6 Å². The van der Waals surface area contributed by atoms with Gasteiger partial charge in [-0.1, -0.05) is 73.2 Å². The molecule has 19 heteroatoms. The summed E-state index contributed by atoms with van der Waals surface area (Å²) >= 11 is 12.1. The molecule has 0 radical (unpaired) electrons. The van der Waals surface area contributed by atoms with E-state index in [-0.39, 0.29) is 33.5 Å². The van der Waals surface area contributed by atoms with Gasteiger partial charge in [0.1, 0.15) is 12.1 Å². The second-order valence-corrected chi connectivity index (χ2v) is 18.6. The van der Waals surface area contributed by atoms with Crippen LogP contribution in [0.1, 0.15) is 107 Å². The van der Waals surface area contributed by atoms with Crippen molar-refractivity contribution in [2.45, 2.75) is 89.1 Å². The van der Waals surface area contributed by atoms with E-state index in [0.717, 1.165) is 62.5 Å². The number of methoxy groups -OCH3 is 4. The number of nitriles is 2. The number of ether oxygens (including phenoxy) is 4. The Morgan fingerprint density at radius 2 is 1.04 bits per heavy atom. The number of carbonyl (C=O) groups is 6. The summed E-state index contributed by atoms with van der Waals surface area (Å²) in [4.78, 5) is 72.9. The average molecular weight is 1040 g/mol. The van der Waals surface area contributed by atoms with Crippen LogP contribution < -0.4 is 21.7 Å². The third-order valence-corrected chi connectivity index (χ3v) is 13.6. The third-order valence-electron chi connectivity index (χ3n) is 12.9. The van der Waals surface area contributed by atoms with Crippen molar-refractivity contribution in [1.29, 1.82) is 10.5 Å². The fourth-order valence-corrected chi connectivity index (χ4v) is 9.02. The fraction of sp³-hybridized carbons (Fsp3) is 0.407. The van der Waals surface area contributed by atoms with E-state index < -0.39 is 52.6 Å². The van der Waals surface area contributed by atoms with Gasteiger partial charge in [0.25, 0.3) is 11.8 Å². The first-order valence-corrected chi connectivity index (χ1v) is 24.4. The van der Waals surface area contributed by atoms with Gasteiger partial charge in [0.15, 0.2) is 0 Å². The van der Waals surface area contributed by atoms with Crippen LogP contribution in [0.3, 0.4) is 0 Å². The molecule has 0 heterocycles. The standard InChI is InChI=1S/C27H30ClN3O5.C18H16ClN3O3.C9H16O3/c1-35-14-13-27(11-3-4-12-27)26(34)31-23(25(33)36-2)16-18-5-8-20(9-6-18)30-24(32)21-15-19(17-29)7-10-22(21)28;1-25-18(24)16(21)9-11-2-5-13(6-3-11)22-17(23)14-8-12(10-20)4-7-15(14)19;1-12-7-6-9(8(10)11)4-2-3-5-9/h5-10,15,23H,3-4,11-14,16H2,1-2H3,(H,30,32)(H,31,34);2-8,16H,9,21H2,1H3,(H,22,23);2-7H2,1H3,(H,10,11). The molecule has 2 aliphatic rings. The summed E-state index contributed by atoms with van der Waals surface area (Å²) in [6.45, 7) is 1.04. The Balaban J connectivity index is 0.000000268. The maximum atomic E-state index is 13.2. The SMILES string of the molecule is COC(=O)C(N)Cc1ccc(NC(=O)c2cc(C#N)ccc2Cl)cc1.COCCC1(C(=O)NC(Cc2ccc(NC(=O)c3cc(C#N)ccc3Cl)cc2)C(=O)OC)CCCC1.COCCC1(C(=O)O)CCCC1. The number of nitrogens with two attached hydrogens (primary N) is 1. The van der Waals surface area contributed by atoms with Crippen LogP contribution in [0.2, 0.25) is 10.0 Å². The lowest BCUT2D eigenvalue weighted by atomic mass is 9.81. The molecule has 0 saturated heterocycles. The number of nitrogens with one attached hydrogen (secondary N) is 3. The van der Waals surface area contributed by atoms with Crippen molar-refractivity contribution in [3.63, 3.8) is 0 Å². The molecule has 2 saturated carbocycles. The Morgan fingerprint density at radius 3 is 1.44 bits per heavy atom. The predicted molar refractivity (Wildman–Crippen MR) is 275 cm³/mol. The summed E-state index contributed by atoms with van der Waals surface area (Å²) in [7, 11) is 5.81. The van der Waals surface area contributed by atoms with Gasteiger partial charge in [-0.15, -0.1) is 0 Å². The van der Waals surface area contributed by atoms with Crippen molar-refractivity contribution in [3.8, 4) is 12.1 Å². The minimum atomic E-state index is -0.838. The van der Waals surface area contributed by atoms with E-state index in [4.69, 9.17) is 58.8 Å². The number of halogens is 2. The zero-order valence-corrected chi connectivity index (χ0v) is 42.9. The first-order chi connectivity index (χ1) is 35.0. The molecule has 6 rings (SSSR count). The number of carboxylic acids is 1. The van der Waals surface area contributed by atoms with Crippen molar-refractivity contribution >= 4 is 70.2 Å². The molecule has 0 aliphatic heterocycles.